The molecule has 0 aromatic carbocycles. The molecule has 0 aromatic heterocycles. The highest BCUT2D eigenvalue weighted by Crippen LogP contribution is 2.21. The third kappa shape index (κ3) is 42.0. The molecule has 2 atom stereocenters. The van der Waals surface area contributed by atoms with Gasteiger partial charge in [-0.25, -0.2) is 0 Å². The van der Waals surface area contributed by atoms with Gasteiger partial charge in [0.25, 0.3) is 0 Å². The second-order valence-electron chi connectivity index (χ2n) is 17.6. The second-order valence-corrected chi connectivity index (χ2v) is 17.6. The highest BCUT2D eigenvalue weighted by Gasteiger charge is 2.18. The van der Waals surface area contributed by atoms with Crippen LogP contribution in [-0.2, 0) is 28.6 Å². The number of unbranched alkanes of at least 4 members (excludes halogenated alkanes) is 22. The molecule has 0 fully saturated rings. The molecular formula is C51H95NO6. The zero-order chi connectivity index (χ0) is 42.7. The van der Waals surface area contributed by atoms with Gasteiger partial charge in [0.05, 0.1) is 13.2 Å². The highest BCUT2D eigenvalue weighted by atomic mass is 16.5. The van der Waals surface area contributed by atoms with Crippen molar-refractivity contribution >= 4 is 17.9 Å². The molecule has 0 heterocycles. The van der Waals surface area contributed by atoms with Crippen molar-refractivity contribution < 1.29 is 28.6 Å². The van der Waals surface area contributed by atoms with Crippen molar-refractivity contribution in [3.05, 3.63) is 24.3 Å². The third-order valence-electron chi connectivity index (χ3n) is 11.0. The summed E-state index contributed by atoms with van der Waals surface area (Å²) < 4.78 is 16.1. The van der Waals surface area contributed by atoms with E-state index in [2.05, 4.69) is 57.1 Å². The van der Waals surface area contributed by atoms with Crippen LogP contribution in [0.25, 0.3) is 0 Å². The van der Waals surface area contributed by atoms with Crippen LogP contribution in [0, 0.1) is 11.8 Å². The van der Waals surface area contributed by atoms with Crippen molar-refractivity contribution in [2.24, 2.45) is 11.8 Å². The first kappa shape index (κ1) is 55.9. The average Bonchev–Trinajstić information content (AvgIpc) is 3.16. The van der Waals surface area contributed by atoms with Crippen molar-refractivity contribution in [2.75, 3.05) is 33.9 Å². The SMILES string of the molecule is CCOC(=O)CCCCCCC/C=C\CCCCCCCCC(CCCCCCCC/C=C\CCCCCCCC(=O)OCC)OC(=O)CC(C)CC(C)CN(C)C. The minimum Gasteiger partial charge on any atom is -0.466 e. The molecule has 0 rings (SSSR count). The van der Waals surface area contributed by atoms with Crippen molar-refractivity contribution in [1.29, 1.82) is 0 Å². The first-order chi connectivity index (χ1) is 28.2. The molecular weight excluding hydrogens is 723 g/mol. The first-order valence-electron chi connectivity index (χ1n) is 24.6. The molecule has 0 aromatic rings. The summed E-state index contributed by atoms with van der Waals surface area (Å²) in [4.78, 5) is 38.0. The summed E-state index contributed by atoms with van der Waals surface area (Å²) in [5.74, 6) is 0.826. The molecule has 0 amide bonds. The smallest absolute Gasteiger partial charge is 0.306 e. The number of ether oxygens (including phenoxy) is 3. The Morgan fingerprint density at radius 2 is 0.810 bits per heavy atom. The minimum atomic E-state index is -0.0573. The maximum atomic E-state index is 13.0. The molecule has 58 heavy (non-hydrogen) atoms. The van der Waals surface area contributed by atoms with E-state index in [-0.39, 0.29) is 24.0 Å². The van der Waals surface area contributed by atoms with E-state index in [1.807, 2.05) is 13.8 Å². The Balaban J connectivity index is 4.18. The van der Waals surface area contributed by atoms with Crippen molar-refractivity contribution in [3.8, 4) is 0 Å². The Morgan fingerprint density at radius 1 is 0.466 bits per heavy atom. The fourth-order valence-electron chi connectivity index (χ4n) is 7.99. The summed E-state index contributed by atoms with van der Waals surface area (Å²) in [5, 5.41) is 0. The number of esters is 3. The molecule has 0 saturated carbocycles. The fourth-order valence-corrected chi connectivity index (χ4v) is 7.99. The van der Waals surface area contributed by atoms with E-state index in [0.717, 1.165) is 64.3 Å². The summed E-state index contributed by atoms with van der Waals surface area (Å²) in [6.45, 7) is 10.2. The van der Waals surface area contributed by atoms with Gasteiger partial charge in [-0.3, -0.25) is 14.4 Å². The number of rotatable bonds is 43. The Hall–Kier alpha value is -2.15. The molecule has 340 valence electrons. The number of allylic oxidation sites excluding steroid dienone is 4. The molecule has 2 unspecified atom stereocenters. The zero-order valence-electron chi connectivity index (χ0n) is 39.2. The molecule has 0 N–H and O–H groups in total. The molecule has 0 aliphatic carbocycles. The number of carbonyl (C=O) groups excluding carboxylic acids is 3. The van der Waals surface area contributed by atoms with Crippen LogP contribution >= 0.6 is 0 Å². The van der Waals surface area contributed by atoms with E-state index in [4.69, 9.17) is 14.2 Å². The van der Waals surface area contributed by atoms with Gasteiger partial charge in [-0.05, 0) is 136 Å². The largest absolute Gasteiger partial charge is 0.466 e. The predicted octanol–water partition coefficient (Wildman–Crippen LogP) is 14.5. The lowest BCUT2D eigenvalue weighted by Crippen LogP contribution is -2.23. The van der Waals surface area contributed by atoms with E-state index >= 15 is 0 Å². The quantitative estimate of drug-likeness (QED) is 0.0262. The summed E-state index contributed by atoms with van der Waals surface area (Å²) in [6.07, 6.45) is 45.5. The lowest BCUT2D eigenvalue weighted by atomic mass is 9.94. The van der Waals surface area contributed by atoms with Crippen LogP contribution in [0.15, 0.2) is 24.3 Å². The Kier molecular flexibility index (Phi) is 41.4. The normalized spacial score (nSPS) is 12.9. The first-order valence-corrected chi connectivity index (χ1v) is 24.6. The van der Waals surface area contributed by atoms with E-state index in [9.17, 15) is 14.4 Å². The topological polar surface area (TPSA) is 82.1 Å². The van der Waals surface area contributed by atoms with Crippen molar-refractivity contribution in [2.45, 2.75) is 239 Å². The van der Waals surface area contributed by atoms with Gasteiger partial charge >= 0.3 is 17.9 Å². The van der Waals surface area contributed by atoms with E-state index in [0.29, 0.717) is 44.3 Å². The summed E-state index contributed by atoms with van der Waals surface area (Å²) in [7, 11) is 4.24. The van der Waals surface area contributed by atoms with Crippen LogP contribution < -0.4 is 0 Å². The number of hydrogen-bond donors (Lipinski definition) is 0. The maximum Gasteiger partial charge on any atom is 0.306 e. The van der Waals surface area contributed by atoms with Crippen LogP contribution in [0.4, 0.5) is 0 Å². The molecule has 0 aliphatic rings. The third-order valence-corrected chi connectivity index (χ3v) is 11.0. The van der Waals surface area contributed by atoms with Crippen LogP contribution in [0.1, 0.15) is 233 Å². The predicted molar refractivity (Wildman–Crippen MR) is 246 cm³/mol. The Morgan fingerprint density at radius 3 is 1.17 bits per heavy atom. The Labute approximate surface area is 359 Å². The van der Waals surface area contributed by atoms with E-state index < -0.39 is 0 Å². The van der Waals surface area contributed by atoms with Crippen LogP contribution in [0.3, 0.4) is 0 Å². The lowest BCUT2D eigenvalue weighted by molar-refractivity contribution is -0.151. The Bertz CT molecular complexity index is 935. The minimum absolute atomic E-state index is 0.00716. The number of nitrogens with zero attached hydrogens (tertiary/aromatic N) is 1. The van der Waals surface area contributed by atoms with Crippen LogP contribution in [0.5, 0.6) is 0 Å². The standard InChI is InChI=1S/C51H95NO6/c1-7-56-49(53)41-37-33-29-25-21-17-13-9-11-15-19-23-27-31-35-39-48(58-51(55)44-46(3)43-47(4)45-52(5)6)40-36-32-28-24-20-16-12-10-14-18-22-26-30-34-38-42-50(54)57-8-2/h9-10,13-14,46-48H,7-8,11-12,15-45H2,1-6H3/b13-9-,14-10-. The van der Waals surface area contributed by atoms with E-state index in [1.54, 1.807) is 0 Å². The van der Waals surface area contributed by atoms with Crippen LogP contribution in [-0.4, -0.2) is 62.8 Å². The molecule has 7 nitrogen and oxygen atoms in total. The van der Waals surface area contributed by atoms with E-state index in [1.165, 1.54) is 128 Å². The molecule has 0 aliphatic heterocycles. The zero-order valence-corrected chi connectivity index (χ0v) is 39.2. The van der Waals surface area contributed by atoms with Crippen LogP contribution in [0.2, 0.25) is 0 Å². The van der Waals surface area contributed by atoms with Gasteiger partial charge in [-0.15, -0.1) is 0 Å². The molecule has 0 radical (unpaired) electrons. The lowest BCUT2D eigenvalue weighted by Gasteiger charge is -2.22. The van der Waals surface area contributed by atoms with Gasteiger partial charge < -0.3 is 19.1 Å². The second kappa shape index (κ2) is 43.0. The van der Waals surface area contributed by atoms with Gasteiger partial charge in [-0.1, -0.05) is 128 Å². The monoisotopic (exact) mass is 818 g/mol. The summed E-state index contributed by atoms with van der Waals surface area (Å²) in [6, 6.07) is 0. The number of carbonyl (C=O) groups is 3. The van der Waals surface area contributed by atoms with Gasteiger partial charge in [0.1, 0.15) is 6.10 Å². The van der Waals surface area contributed by atoms with Gasteiger partial charge in [0, 0.05) is 25.8 Å². The molecule has 0 bridgehead atoms. The summed E-state index contributed by atoms with van der Waals surface area (Å²) >= 11 is 0. The fraction of sp³-hybridized carbons (Fsp3) is 0.863. The highest BCUT2D eigenvalue weighted by molar-refractivity contribution is 5.70. The molecule has 0 saturated heterocycles. The van der Waals surface area contributed by atoms with Crippen molar-refractivity contribution in [1.82, 2.24) is 4.90 Å². The molecule has 0 spiro atoms. The van der Waals surface area contributed by atoms with Gasteiger partial charge in [0.2, 0.25) is 0 Å². The average molecular weight is 818 g/mol. The summed E-state index contributed by atoms with van der Waals surface area (Å²) in [5.41, 5.74) is 0. The van der Waals surface area contributed by atoms with Gasteiger partial charge in [0.15, 0.2) is 0 Å². The van der Waals surface area contributed by atoms with Gasteiger partial charge in [-0.2, -0.15) is 0 Å². The molecule has 7 heteroatoms. The van der Waals surface area contributed by atoms with Crippen molar-refractivity contribution in [3.63, 3.8) is 0 Å². The maximum absolute atomic E-state index is 13.0. The number of hydrogen-bond acceptors (Lipinski definition) is 7.